The normalized spacial score (nSPS) is 13.2. The Hall–Kier alpha value is -2.37. The number of carboxylic acid groups (broad SMARTS) is 1. The molecule has 0 fully saturated rings. The highest BCUT2D eigenvalue weighted by atomic mass is 16.5. The van der Waals surface area contributed by atoms with Gasteiger partial charge >= 0.3 is 5.97 Å². The zero-order chi connectivity index (χ0) is 11.8. The molecule has 0 saturated carbocycles. The van der Waals surface area contributed by atoms with Crippen molar-refractivity contribution in [2.45, 2.75) is 6.42 Å². The smallest absolute Gasteiger partial charge is 0.377 e. The number of carbonyl (C=O) groups is 1. The molecule has 2 aromatic rings. The van der Waals surface area contributed by atoms with Gasteiger partial charge in [0, 0.05) is 17.8 Å². The first kappa shape index (κ1) is 9.83. The van der Waals surface area contributed by atoms with Gasteiger partial charge in [-0.3, -0.25) is 0 Å². The summed E-state index contributed by atoms with van der Waals surface area (Å²) in [5.74, 6) is -1.30. The third kappa shape index (κ3) is 1.63. The van der Waals surface area contributed by atoms with Crippen LogP contribution in [0, 0.1) is 0 Å². The Labute approximate surface area is 96.3 Å². The van der Waals surface area contributed by atoms with Crippen molar-refractivity contribution in [3.05, 3.63) is 29.6 Å². The van der Waals surface area contributed by atoms with E-state index in [4.69, 9.17) is 9.63 Å². The third-order valence-corrected chi connectivity index (χ3v) is 2.68. The summed E-state index contributed by atoms with van der Waals surface area (Å²) in [7, 11) is 0. The molecule has 0 aliphatic carbocycles. The van der Waals surface area contributed by atoms with Gasteiger partial charge < -0.3 is 14.9 Å². The molecule has 17 heavy (non-hydrogen) atoms. The van der Waals surface area contributed by atoms with Crippen LogP contribution in [0.3, 0.4) is 0 Å². The molecule has 0 saturated heterocycles. The maximum absolute atomic E-state index is 10.6. The van der Waals surface area contributed by atoms with Gasteiger partial charge in [0.05, 0.1) is 0 Å². The molecule has 0 radical (unpaired) electrons. The topological polar surface area (TPSA) is 88.2 Å². The molecule has 6 heteroatoms. The van der Waals surface area contributed by atoms with E-state index in [0.717, 1.165) is 24.2 Å². The van der Waals surface area contributed by atoms with Crippen LogP contribution in [-0.4, -0.2) is 27.8 Å². The van der Waals surface area contributed by atoms with Crippen molar-refractivity contribution in [1.82, 2.24) is 10.1 Å². The molecule has 0 unspecified atom stereocenters. The Morgan fingerprint density at radius 2 is 2.35 bits per heavy atom. The number of anilines is 1. The van der Waals surface area contributed by atoms with Crippen LogP contribution in [-0.2, 0) is 6.42 Å². The van der Waals surface area contributed by atoms with Gasteiger partial charge in [0.2, 0.25) is 0 Å². The predicted octanol–water partition coefficient (Wildman–Crippen LogP) is 1.40. The second-order valence-electron chi connectivity index (χ2n) is 3.78. The number of hydrogen-bond donors (Lipinski definition) is 2. The fourth-order valence-corrected chi connectivity index (χ4v) is 1.85. The van der Waals surface area contributed by atoms with E-state index < -0.39 is 5.97 Å². The lowest BCUT2D eigenvalue weighted by Crippen LogP contribution is -1.98. The average Bonchev–Trinajstić information content (AvgIpc) is 2.97. The van der Waals surface area contributed by atoms with E-state index in [1.54, 1.807) is 0 Å². The molecule has 6 nitrogen and oxygen atoms in total. The molecule has 0 bridgehead atoms. The number of carboxylic acids is 1. The van der Waals surface area contributed by atoms with Crippen LogP contribution < -0.4 is 5.32 Å². The van der Waals surface area contributed by atoms with Crippen LogP contribution >= 0.6 is 0 Å². The van der Waals surface area contributed by atoms with Gasteiger partial charge in [0.1, 0.15) is 0 Å². The van der Waals surface area contributed by atoms with Gasteiger partial charge in [-0.15, -0.1) is 0 Å². The maximum atomic E-state index is 10.6. The minimum Gasteiger partial charge on any atom is -0.475 e. The van der Waals surface area contributed by atoms with E-state index in [-0.39, 0.29) is 11.7 Å². The number of benzene rings is 1. The lowest BCUT2D eigenvalue weighted by molar-refractivity contribution is 0.0680. The van der Waals surface area contributed by atoms with Crippen LogP contribution in [0.25, 0.3) is 11.5 Å². The van der Waals surface area contributed by atoms with Crippen molar-refractivity contribution in [1.29, 1.82) is 0 Å². The molecule has 1 aromatic heterocycles. The van der Waals surface area contributed by atoms with Crippen molar-refractivity contribution in [2.75, 3.05) is 11.9 Å². The van der Waals surface area contributed by atoms with Crippen molar-refractivity contribution in [3.63, 3.8) is 0 Å². The van der Waals surface area contributed by atoms with Crippen molar-refractivity contribution in [3.8, 4) is 11.5 Å². The largest absolute Gasteiger partial charge is 0.475 e. The maximum Gasteiger partial charge on any atom is 0.377 e. The van der Waals surface area contributed by atoms with Gasteiger partial charge in [0.15, 0.2) is 0 Å². The first-order valence-corrected chi connectivity index (χ1v) is 5.18. The van der Waals surface area contributed by atoms with Crippen LogP contribution in [0.4, 0.5) is 5.69 Å². The highest BCUT2D eigenvalue weighted by Crippen LogP contribution is 2.27. The van der Waals surface area contributed by atoms with Crippen molar-refractivity contribution in [2.24, 2.45) is 0 Å². The Kier molecular flexibility index (Phi) is 2.07. The average molecular weight is 231 g/mol. The summed E-state index contributed by atoms with van der Waals surface area (Å²) in [6.07, 6.45) is 1.000. The molecular weight excluding hydrogens is 222 g/mol. The summed E-state index contributed by atoms with van der Waals surface area (Å²) in [5, 5.41) is 15.3. The number of hydrogen-bond acceptors (Lipinski definition) is 5. The zero-order valence-corrected chi connectivity index (χ0v) is 8.80. The van der Waals surface area contributed by atoms with Crippen LogP contribution in [0.1, 0.15) is 16.2 Å². The lowest BCUT2D eigenvalue weighted by Gasteiger charge is -2.00. The molecule has 2 N–H and O–H groups in total. The van der Waals surface area contributed by atoms with Crippen molar-refractivity contribution < 1.29 is 14.4 Å². The van der Waals surface area contributed by atoms with Gasteiger partial charge in [-0.2, -0.15) is 4.98 Å². The standard InChI is InChI=1S/C11H9N3O3/c15-11(16)9-13-10(17-14-9)7-2-1-6-3-4-12-8(6)5-7/h1-2,5,12H,3-4H2,(H,15,16). The number of fused-ring (bicyclic) bond motifs is 1. The first-order valence-electron chi connectivity index (χ1n) is 5.18. The number of nitrogens with one attached hydrogen (secondary N) is 1. The van der Waals surface area contributed by atoms with Crippen molar-refractivity contribution >= 4 is 11.7 Å². The van der Waals surface area contributed by atoms with Crippen LogP contribution in [0.2, 0.25) is 0 Å². The van der Waals surface area contributed by atoms with E-state index in [2.05, 4.69) is 15.5 Å². The Morgan fingerprint density at radius 3 is 3.12 bits per heavy atom. The fourth-order valence-electron chi connectivity index (χ4n) is 1.85. The van der Waals surface area contributed by atoms with Gasteiger partial charge in [-0.1, -0.05) is 6.07 Å². The summed E-state index contributed by atoms with van der Waals surface area (Å²) in [5.41, 5.74) is 3.00. The third-order valence-electron chi connectivity index (χ3n) is 2.68. The van der Waals surface area contributed by atoms with Gasteiger partial charge in [0.25, 0.3) is 11.7 Å². The second-order valence-corrected chi connectivity index (χ2v) is 3.78. The summed E-state index contributed by atoms with van der Waals surface area (Å²) in [6, 6.07) is 5.72. The Bertz CT molecular complexity index is 591. The molecule has 0 spiro atoms. The highest BCUT2D eigenvalue weighted by molar-refractivity contribution is 5.83. The molecule has 1 aliphatic heterocycles. The summed E-state index contributed by atoms with van der Waals surface area (Å²) in [4.78, 5) is 14.4. The second kappa shape index (κ2) is 3.58. The van der Waals surface area contributed by atoms with Crippen LogP contribution in [0.15, 0.2) is 22.7 Å². The van der Waals surface area contributed by atoms with E-state index in [0.29, 0.717) is 0 Å². The fraction of sp³-hybridized carbons (Fsp3) is 0.182. The van der Waals surface area contributed by atoms with E-state index in [9.17, 15) is 4.79 Å². The molecule has 1 aromatic carbocycles. The predicted molar refractivity (Wildman–Crippen MR) is 58.9 cm³/mol. The minimum atomic E-state index is -1.20. The molecule has 0 amide bonds. The molecule has 1 aliphatic rings. The van der Waals surface area contributed by atoms with E-state index in [1.807, 2.05) is 18.2 Å². The van der Waals surface area contributed by atoms with E-state index in [1.165, 1.54) is 5.56 Å². The molecule has 86 valence electrons. The summed E-state index contributed by atoms with van der Waals surface area (Å²) in [6.45, 7) is 0.920. The molecule has 0 atom stereocenters. The quantitative estimate of drug-likeness (QED) is 0.812. The lowest BCUT2D eigenvalue weighted by atomic mass is 10.1. The Morgan fingerprint density at radius 1 is 1.47 bits per heavy atom. The highest BCUT2D eigenvalue weighted by Gasteiger charge is 2.16. The Balaban J connectivity index is 2.00. The number of aromatic nitrogens is 2. The molecule has 2 heterocycles. The van der Waals surface area contributed by atoms with Crippen LogP contribution in [0.5, 0.6) is 0 Å². The van der Waals surface area contributed by atoms with Gasteiger partial charge in [-0.05, 0) is 29.3 Å². The minimum absolute atomic E-state index is 0.221. The molecular formula is C11H9N3O3. The first-order chi connectivity index (χ1) is 8.24. The number of aromatic carboxylic acids is 1. The SMILES string of the molecule is O=C(O)c1noc(-c2ccc3c(c2)NCC3)n1. The summed E-state index contributed by atoms with van der Waals surface area (Å²) >= 11 is 0. The summed E-state index contributed by atoms with van der Waals surface area (Å²) < 4.78 is 4.90. The number of rotatable bonds is 2. The monoisotopic (exact) mass is 231 g/mol. The zero-order valence-electron chi connectivity index (χ0n) is 8.80. The van der Waals surface area contributed by atoms with E-state index >= 15 is 0 Å². The molecule has 3 rings (SSSR count). The van der Waals surface area contributed by atoms with Gasteiger partial charge in [-0.25, -0.2) is 4.79 Å². The number of nitrogens with zero attached hydrogens (tertiary/aromatic N) is 2.